The second-order valence-corrected chi connectivity index (χ2v) is 7.03. The van der Waals surface area contributed by atoms with Gasteiger partial charge in [0.1, 0.15) is 17.2 Å². The average molecular weight is 400 g/mol. The number of rotatable bonds is 10. The minimum atomic E-state index is -0.0225. The smallest absolute Gasteiger partial charge is 0.254 e. The largest absolute Gasteiger partial charge is 0.496 e. The molecule has 5 nitrogen and oxygen atoms in total. The van der Waals surface area contributed by atoms with Crippen molar-refractivity contribution in [1.29, 1.82) is 0 Å². The summed E-state index contributed by atoms with van der Waals surface area (Å²) in [5, 5.41) is 0. The molecule has 0 aliphatic carbocycles. The molecular formula is C24H33NO4. The van der Waals surface area contributed by atoms with Crippen molar-refractivity contribution in [3.8, 4) is 28.4 Å². The predicted molar refractivity (Wildman–Crippen MR) is 117 cm³/mol. The summed E-state index contributed by atoms with van der Waals surface area (Å²) in [6, 6.07) is 11.3. The molecule has 0 aliphatic rings. The van der Waals surface area contributed by atoms with E-state index in [-0.39, 0.29) is 12.0 Å². The van der Waals surface area contributed by atoms with Gasteiger partial charge in [0, 0.05) is 30.3 Å². The minimum Gasteiger partial charge on any atom is -0.496 e. The Balaban J connectivity index is 2.66. The highest BCUT2D eigenvalue weighted by atomic mass is 16.5. The van der Waals surface area contributed by atoms with Crippen LogP contribution in [0.25, 0.3) is 11.1 Å². The molecule has 0 radical (unpaired) electrons. The number of methoxy groups -OCH3 is 1. The SMILES string of the molecule is CCCOc1ccc(-c2c(OC(C)C)cccc2C(=O)N(CC)CC)c(OC)c1. The van der Waals surface area contributed by atoms with Crippen LogP contribution in [-0.4, -0.2) is 43.7 Å². The van der Waals surface area contributed by atoms with E-state index in [2.05, 4.69) is 6.92 Å². The van der Waals surface area contributed by atoms with Gasteiger partial charge in [-0.15, -0.1) is 0 Å². The highest BCUT2D eigenvalue weighted by Crippen LogP contribution is 2.41. The van der Waals surface area contributed by atoms with Crippen LogP contribution in [-0.2, 0) is 0 Å². The number of hydrogen-bond acceptors (Lipinski definition) is 4. The van der Waals surface area contributed by atoms with Gasteiger partial charge in [0.25, 0.3) is 5.91 Å². The molecule has 0 spiro atoms. The van der Waals surface area contributed by atoms with Crippen molar-refractivity contribution in [3.05, 3.63) is 42.0 Å². The van der Waals surface area contributed by atoms with Gasteiger partial charge in [0.15, 0.2) is 0 Å². The molecule has 2 rings (SSSR count). The van der Waals surface area contributed by atoms with Crippen molar-refractivity contribution >= 4 is 5.91 Å². The number of ether oxygens (including phenoxy) is 3. The van der Waals surface area contributed by atoms with Crippen molar-refractivity contribution in [3.63, 3.8) is 0 Å². The number of amides is 1. The first-order valence-electron chi connectivity index (χ1n) is 10.4. The standard InChI is InChI=1S/C24H33NO4/c1-7-15-28-18-13-14-19(22(16-18)27-6)23-20(24(26)25(8-2)9-3)11-10-12-21(23)29-17(4)5/h10-14,16-17H,7-9,15H2,1-6H3. The summed E-state index contributed by atoms with van der Waals surface area (Å²) in [7, 11) is 1.63. The first-order valence-corrected chi connectivity index (χ1v) is 10.4. The third-order valence-electron chi connectivity index (χ3n) is 4.59. The summed E-state index contributed by atoms with van der Waals surface area (Å²) >= 11 is 0. The van der Waals surface area contributed by atoms with Crippen LogP contribution < -0.4 is 14.2 Å². The van der Waals surface area contributed by atoms with Crippen molar-refractivity contribution < 1.29 is 19.0 Å². The lowest BCUT2D eigenvalue weighted by Crippen LogP contribution is -2.31. The maximum absolute atomic E-state index is 13.3. The molecule has 0 fully saturated rings. The predicted octanol–water partition coefficient (Wildman–Crippen LogP) is 5.42. The highest BCUT2D eigenvalue weighted by Gasteiger charge is 2.23. The van der Waals surface area contributed by atoms with Gasteiger partial charge in [-0.3, -0.25) is 4.79 Å². The van der Waals surface area contributed by atoms with Crippen LogP contribution in [0.1, 0.15) is 51.4 Å². The Morgan fingerprint density at radius 1 is 1.03 bits per heavy atom. The van der Waals surface area contributed by atoms with Crippen molar-refractivity contribution in [1.82, 2.24) is 4.90 Å². The zero-order valence-corrected chi connectivity index (χ0v) is 18.5. The average Bonchev–Trinajstić information content (AvgIpc) is 2.72. The molecule has 5 heteroatoms. The Morgan fingerprint density at radius 3 is 2.34 bits per heavy atom. The third kappa shape index (κ3) is 5.43. The first-order chi connectivity index (χ1) is 14.0. The van der Waals surface area contributed by atoms with Crippen LogP contribution in [0.15, 0.2) is 36.4 Å². The fourth-order valence-electron chi connectivity index (χ4n) is 3.21. The molecule has 0 saturated heterocycles. The number of carbonyl (C=O) groups excluding carboxylic acids is 1. The maximum Gasteiger partial charge on any atom is 0.254 e. The van der Waals surface area contributed by atoms with E-state index in [0.29, 0.717) is 36.8 Å². The Hall–Kier alpha value is -2.69. The fraction of sp³-hybridized carbons (Fsp3) is 0.458. The van der Waals surface area contributed by atoms with Gasteiger partial charge in [0.05, 0.1) is 25.4 Å². The molecule has 0 saturated carbocycles. The molecule has 29 heavy (non-hydrogen) atoms. The molecule has 0 atom stereocenters. The molecular weight excluding hydrogens is 366 g/mol. The molecule has 2 aromatic rings. The van der Waals surface area contributed by atoms with E-state index in [1.54, 1.807) is 7.11 Å². The second kappa shape index (κ2) is 10.7. The molecule has 0 aliphatic heterocycles. The summed E-state index contributed by atoms with van der Waals surface area (Å²) in [6.45, 7) is 11.9. The van der Waals surface area contributed by atoms with Gasteiger partial charge in [-0.2, -0.15) is 0 Å². The van der Waals surface area contributed by atoms with Gasteiger partial charge < -0.3 is 19.1 Å². The topological polar surface area (TPSA) is 48.0 Å². The van der Waals surface area contributed by atoms with E-state index < -0.39 is 0 Å². The van der Waals surface area contributed by atoms with E-state index >= 15 is 0 Å². The zero-order valence-electron chi connectivity index (χ0n) is 18.5. The van der Waals surface area contributed by atoms with Crippen molar-refractivity contribution in [2.24, 2.45) is 0 Å². The molecule has 0 unspecified atom stereocenters. The molecule has 0 N–H and O–H groups in total. The van der Waals surface area contributed by atoms with Gasteiger partial charge in [-0.1, -0.05) is 13.0 Å². The number of hydrogen-bond donors (Lipinski definition) is 0. The Morgan fingerprint density at radius 2 is 1.76 bits per heavy atom. The first kappa shape index (κ1) is 22.6. The summed E-state index contributed by atoms with van der Waals surface area (Å²) in [5.74, 6) is 2.03. The van der Waals surface area contributed by atoms with Crippen molar-refractivity contribution in [2.75, 3.05) is 26.8 Å². The molecule has 1 amide bonds. The highest BCUT2D eigenvalue weighted by molar-refractivity contribution is 6.03. The number of carbonyl (C=O) groups is 1. The summed E-state index contributed by atoms with van der Waals surface area (Å²) in [6.07, 6.45) is 0.906. The Bertz CT molecular complexity index is 813. The Labute approximate surface area is 174 Å². The molecule has 0 heterocycles. The summed E-state index contributed by atoms with van der Waals surface area (Å²) in [5.41, 5.74) is 2.16. The fourth-order valence-corrected chi connectivity index (χ4v) is 3.21. The van der Waals surface area contributed by atoms with Gasteiger partial charge in [-0.25, -0.2) is 0 Å². The molecule has 0 bridgehead atoms. The lowest BCUT2D eigenvalue weighted by molar-refractivity contribution is 0.0773. The lowest BCUT2D eigenvalue weighted by Gasteiger charge is -2.23. The van der Waals surface area contributed by atoms with E-state index in [9.17, 15) is 4.79 Å². The van der Waals surface area contributed by atoms with Gasteiger partial charge in [0.2, 0.25) is 0 Å². The second-order valence-electron chi connectivity index (χ2n) is 7.03. The van der Waals surface area contributed by atoms with Crippen LogP contribution in [0.2, 0.25) is 0 Å². The molecule has 2 aromatic carbocycles. The summed E-state index contributed by atoms with van der Waals surface area (Å²) in [4.78, 5) is 15.1. The van der Waals surface area contributed by atoms with Crippen LogP contribution in [0, 0.1) is 0 Å². The van der Waals surface area contributed by atoms with Crippen LogP contribution >= 0.6 is 0 Å². The lowest BCUT2D eigenvalue weighted by atomic mass is 9.96. The van der Waals surface area contributed by atoms with Crippen LogP contribution in [0.4, 0.5) is 0 Å². The minimum absolute atomic E-state index is 0.0208. The van der Waals surface area contributed by atoms with E-state index in [0.717, 1.165) is 23.3 Å². The van der Waals surface area contributed by atoms with Gasteiger partial charge in [-0.05, 0) is 58.4 Å². The van der Waals surface area contributed by atoms with E-state index in [1.165, 1.54) is 0 Å². The van der Waals surface area contributed by atoms with Crippen LogP contribution in [0.5, 0.6) is 17.2 Å². The monoisotopic (exact) mass is 399 g/mol. The van der Waals surface area contributed by atoms with E-state index in [4.69, 9.17) is 14.2 Å². The normalized spacial score (nSPS) is 10.7. The van der Waals surface area contributed by atoms with E-state index in [1.807, 2.05) is 69.0 Å². The number of nitrogens with zero attached hydrogens (tertiary/aromatic N) is 1. The van der Waals surface area contributed by atoms with Crippen molar-refractivity contribution in [2.45, 2.75) is 47.1 Å². The third-order valence-corrected chi connectivity index (χ3v) is 4.59. The quantitative estimate of drug-likeness (QED) is 0.535. The maximum atomic E-state index is 13.3. The van der Waals surface area contributed by atoms with Gasteiger partial charge >= 0.3 is 0 Å². The van der Waals surface area contributed by atoms with Crippen LogP contribution in [0.3, 0.4) is 0 Å². The number of benzene rings is 2. The Kier molecular flexibility index (Phi) is 8.37. The molecule has 0 aromatic heterocycles. The zero-order chi connectivity index (χ0) is 21.4. The summed E-state index contributed by atoms with van der Waals surface area (Å²) < 4.78 is 17.5. The molecule has 158 valence electrons.